The molecule has 13 heteroatoms. The number of amides is 1. The average Bonchev–Trinajstić information content (AvgIpc) is 3.22. The van der Waals surface area contributed by atoms with Gasteiger partial charge in [0, 0.05) is 25.7 Å². The predicted molar refractivity (Wildman–Crippen MR) is 135 cm³/mol. The van der Waals surface area contributed by atoms with Gasteiger partial charge in [-0.05, 0) is 38.5 Å². The highest BCUT2D eigenvalue weighted by molar-refractivity contribution is 7.53. The van der Waals surface area contributed by atoms with Crippen molar-refractivity contribution in [1.29, 1.82) is 0 Å². The fraction of sp³-hybridized carbons (Fsp3) is 0.864. The summed E-state index contributed by atoms with van der Waals surface area (Å²) < 4.78 is 35.3. The van der Waals surface area contributed by atoms with Crippen LogP contribution in [-0.4, -0.2) is 61.8 Å². The molecule has 0 bridgehead atoms. The normalized spacial score (nSPS) is 15.3. The van der Waals surface area contributed by atoms with Crippen molar-refractivity contribution in [3.8, 4) is 0 Å². The van der Waals surface area contributed by atoms with Gasteiger partial charge in [0.05, 0.1) is 30.2 Å². The van der Waals surface area contributed by atoms with Crippen molar-refractivity contribution in [2.24, 2.45) is 0 Å². The van der Waals surface area contributed by atoms with Gasteiger partial charge in [0.1, 0.15) is 0 Å². The SMILES string of the molecule is CC(C)P(=O)(O)OCCCCCCNC(=O)CCCn1cc(CCCCOP(=O)(O)C(C)C)nn1. The van der Waals surface area contributed by atoms with Crippen molar-refractivity contribution in [2.75, 3.05) is 19.8 Å². The number of rotatable bonds is 20. The van der Waals surface area contributed by atoms with E-state index in [1.807, 2.05) is 6.20 Å². The molecule has 0 aromatic carbocycles. The lowest BCUT2D eigenvalue weighted by atomic mass is 10.2. The maximum atomic E-state index is 12.0. The summed E-state index contributed by atoms with van der Waals surface area (Å²) in [7, 11) is -6.98. The first kappa shape index (κ1) is 31.9. The molecule has 1 amide bonds. The molecule has 0 spiro atoms. The minimum Gasteiger partial charge on any atom is -0.356 e. The van der Waals surface area contributed by atoms with Gasteiger partial charge in [-0.2, -0.15) is 0 Å². The molecule has 1 aromatic rings. The second-order valence-corrected chi connectivity index (χ2v) is 14.1. The first-order valence-electron chi connectivity index (χ1n) is 12.5. The van der Waals surface area contributed by atoms with Crippen LogP contribution in [0.25, 0.3) is 0 Å². The molecule has 11 nitrogen and oxygen atoms in total. The fourth-order valence-electron chi connectivity index (χ4n) is 2.96. The molecule has 204 valence electrons. The van der Waals surface area contributed by atoms with E-state index in [0.29, 0.717) is 38.8 Å². The van der Waals surface area contributed by atoms with Gasteiger partial charge in [-0.1, -0.05) is 45.7 Å². The first-order valence-corrected chi connectivity index (χ1v) is 15.8. The van der Waals surface area contributed by atoms with Crippen molar-refractivity contribution < 1.29 is 32.8 Å². The van der Waals surface area contributed by atoms with E-state index >= 15 is 0 Å². The van der Waals surface area contributed by atoms with Crippen LogP contribution in [0.15, 0.2) is 6.20 Å². The van der Waals surface area contributed by atoms with Crippen molar-refractivity contribution in [2.45, 2.75) is 103 Å². The lowest BCUT2D eigenvalue weighted by molar-refractivity contribution is -0.121. The predicted octanol–water partition coefficient (Wildman–Crippen LogP) is 4.28. The summed E-state index contributed by atoms with van der Waals surface area (Å²) in [6, 6.07) is 0. The van der Waals surface area contributed by atoms with Crippen molar-refractivity contribution in [3.63, 3.8) is 0 Å². The Labute approximate surface area is 209 Å². The Kier molecular flexibility index (Phi) is 15.2. The summed E-state index contributed by atoms with van der Waals surface area (Å²) >= 11 is 0. The lowest BCUT2D eigenvalue weighted by Crippen LogP contribution is -2.24. The molecule has 0 aliphatic carbocycles. The molecule has 35 heavy (non-hydrogen) atoms. The van der Waals surface area contributed by atoms with Crippen LogP contribution in [0.2, 0.25) is 0 Å². The van der Waals surface area contributed by atoms with Gasteiger partial charge < -0.3 is 24.2 Å². The molecule has 0 aliphatic rings. The molecule has 0 saturated carbocycles. The van der Waals surface area contributed by atoms with E-state index in [0.717, 1.165) is 37.8 Å². The molecule has 0 fully saturated rings. The fourth-order valence-corrected chi connectivity index (χ4v) is 4.34. The van der Waals surface area contributed by atoms with E-state index in [9.17, 15) is 23.7 Å². The van der Waals surface area contributed by atoms with Crippen LogP contribution in [0.5, 0.6) is 0 Å². The third-order valence-electron chi connectivity index (χ3n) is 5.46. The van der Waals surface area contributed by atoms with Crippen molar-refractivity contribution in [3.05, 3.63) is 11.9 Å². The van der Waals surface area contributed by atoms with Gasteiger partial charge in [-0.15, -0.1) is 5.10 Å². The van der Waals surface area contributed by atoms with E-state index in [-0.39, 0.29) is 24.8 Å². The molecule has 0 radical (unpaired) electrons. The topological polar surface area (TPSA) is 153 Å². The molecule has 1 rings (SSSR count). The summed E-state index contributed by atoms with van der Waals surface area (Å²) in [4.78, 5) is 31.2. The summed E-state index contributed by atoms with van der Waals surface area (Å²) in [5.41, 5.74) is 0.0596. The minimum atomic E-state index is -3.50. The highest BCUT2D eigenvalue weighted by atomic mass is 31.2. The van der Waals surface area contributed by atoms with Gasteiger partial charge in [-0.25, -0.2) is 0 Å². The monoisotopic (exact) mass is 538 g/mol. The molecule has 0 saturated heterocycles. The third-order valence-corrected chi connectivity index (χ3v) is 9.17. The van der Waals surface area contributed by atoms with Gasteiger partial charge in [0.25, 0.3) is 0 Å². The number of hydrogen-bond acceptors (Lipinski definition) is 7. The molecule has 1 heterocycles. The summed E-state index contributed by atoms with van der Waals surface area (Å²) in [5, 5.41) is 11.1. The smallest absolute Gasteiger partial charge is 0.330 e. The second kappa shape index (κ2) is 16.6. The Bertz CT molecular complexity index is 832. The number of carbonyl (C=O) groups excluding carboxylic acids is 1. The highest BCUT2D eigenvalue weighted by Crippen LogP contribution is 2.47. The Morgan fingerprint density at radius 2 is 1.51 bits per heavy atom. The third kappa shape index (κ3) is 14.3. The Morgan fingerprint density at radius 1 is 0.943 bits per heavy atom. The maximum absolute atomic E-state index is 12.0. The number of carbonyl (C=O) groups is 1. The van der Waals surface area contributed by atoms with E-state index in [1.54, 1.807) is 32.4 Å². The summed E-state index contributed by atoms with van der Waals surface area (Å²) in [5.74, 6) is 0.00870. The first-order chi connectivity index (χ1) is 16.4. The number of aryl methyl sites for hydroxylation is 2. The molecular weight excluding hydrogens is 494 g/mol. The van der Waals surface area contributed by atoms with Crippen LogP contribution in [0.4, 0.5) is 0 Å². The zero-order chi connectivity index (χ0) is 26.3. The van der Waals surface area contributed by atoms with Crippen LogP contribution < -0.4 is 5.32 Å². The van der Waals surface area contributed by atoms with Crippen LogP contribution in [-0.2, 0) is 35.9 Å². The Balaban J connectivity index is 2.04. The van der Waals surface area contributed by atoms with Gasteiger partial charge >= 0.3 is 15.2 Å². The highest BCUT2D eigenvalue weighted by Gasteiger charge is 2.24. The standard InChI is InChI=1S/C22H44N4O7P2/c1-19(2)34(28,29)32-16-9-6-5-8-14-23-22(27)13-11-15-26-18-21(24-25-26)12-7-10-17-33-35(30,31)20(3)4/h18-20H,5-17H2,1-4H3,(H,23,27)(H,28,29)(H,30,31). The average molecular weight is 539 g/mol. The van der Waals surface area contributed by atoms with E-state index in [2.05, 4.69) is 15.6 Å². The van der Waals surface area contributed by atoms with Crippen molar-refractivity contribution >= 4 is 21.1 Å². The van der Waals surface area contributed by atoms with E-state index in [1.165, 1.54) is 0 Å². The number of nitrogens with one attached hydrogen (secondary N) is 1. The molecule has 2 unspecified atom stereocenters. The zero-order valence-corrected chi connectivity index (χ0v) is 23.4. The van der Waals surface area contributed by atoms with E-state index in [4.69, 9.17) is 9.05 Å². The summed E-state index contributed by atoms with van der Waals surface area (Å²) in [6.45, 7) is 8.41. The summed E-state index contributed by atoms with van der Waals surface area (Å²) in [6.07, 6.45) is 8.50. The van der Waals surface area contributed by atoms with Crippen molar-refractivity contribution in [1.82, 2.24) is 20.3 Å². The van der Waals surface area contributed by atoms with Crippen LogP contribution in [0.3, 0.4) is 0 Å². The second-order valence-electron chi connectivity index (χ2n) is 9.28. The maximum Gasteiger partial charge on any atom is 0.330 e. The minimum absolute atomic E-state index is 0.00870. The van der Waals surface area contributed by atoms with Crippen LogP contribution in [0, 0.1) is 0 Å². The van der Waals surface area contributed by atoms with Gasteiger partial charge in [0.2, 0.25) is 5.91 Å². The quantitative estimate of drug-likeness (QED) is 0.163. The molecule has 2 atom stereocenters. The lowest BCUT2D eigenvalue weighted by Gasteiger charge is -2.15. The van der Waals surface area contributed by atoms with Gasteiger partial charge in [-0.3, -0.25) is 18.6 Å². The van der Waals surface area contributed by atoms with E-state index < -0.39 is 20.9 Å². The zero-order valence-electron chi connectivity index (χ0n) is 21.6. The number of nitrogens with zero attached hydrogens (tertiary/aromatic N) is 3. The molecule has 0 aliphatic heterocycles. The Morgan fingerprint density at radius 3 is 2.11 bits per heavy atom. The number of hydrogen-bond donors (Lipinski definition) is 3. The Hall–Kier alpha value is -1.09. The largest absolute Gasteiger partial charge is 0.356 e. The molecular formula is C22H44N4O7P2. The molecule has 1 aromatic heterocycles. The molecule has 3 N–H and O–H groups in total. The van der Waals surface area contributed by atoms with Gasteiger partial charge in [0.15, 0.2) is 0 Å². The number of aromatic nitrogens is 3. The number of unbranched alkanes of at least 4 members (excludes halogenated alkanes) is 4. The van der Waals surface area contributed by atoms with Crippen LogP contribution in [0.1, 0.15) is 84.8 Å². The van der Waals surface area contributed by atoms with Crippen LogP contribution >= 0.6 is 15.2 Å².